The van der Waals surface area contributed by atoms with Gasteiger partial charge in [-0.25, -0.2) is 4.68 Å². The van der Waals surface area contributed by atoms with Gasteiger partial charge < -0.3 is 10.2 Å². The molecule has 1 N–H and O–H groups in total. The summed E-state index contributed by atoms with van der Waals surface area (Å²) in [6, 6.07) is 6.87. The smallest absolute Gasteiger partial charge is 0.210 e. The van der Waals surface area contributed by atoms with Gasteiger partial charge in [0.2, 0.25) is 5.16 Å². The van der Waals surface area contributed by atoms with Crippen LogP contribution >= 0.6 is 11.8 Å². The zero-order valence-corrected chi connectivity index (χ0v) is 12.7. The minimum atomic E-state index is 0.262. The second kappa shape index (κ2) is 5.46. The van der Waals surface area contributed by atoms with E-state index in [4.69, 9.17) is 4.74 Å². The van der Waals surface area contributed by atoms with E-state index >= 15 is 0 Å². The number of thioether (sulfide) groups is 1. The van der Waals surface area contributed by atoms with Crippen molar-refractivity contribution in [2.24, 2.45) is 0 Å². The zero-order chi connectivity index (χ0) is 14.1. The molecule has 1 atom stereocenters. The fourth-order valence-electron chi connectivity index (χ4n) is 2.25. The molecule has 2 aromatic rings. The number of methoxy groups -OCH3 is 1. The third-order valence-corrected chi connectivity index (χ3v) is 4.59. The van der Waals surface area contributed by atoms with Crippen molar-refractivity contribution in [3.8, 4) is 0 Å². The lowest BCUT2D eigenvalue weighted by atomic mass is 10.0. The van der Waals surface area contributed by atoms with Gasteiger partial charge in [0.15, 0.2) is 5.82 Å². The lowest BCUT2D eigenvalue weighted by Gasteiger charge is -2.26. The van der Waals surface area contributed by atoms with Crippen molar-refractivity contribution in [1.29, 1.82) is 0 Å². The van der Waals surface area contributed by atoms with Crippen LogP contribution in [0.1, 0.15) is 28.6 Å². The molecule has 1 unspecified atom stereocenters. The van der Waals surface area contributed by atoms with Gasteiger partial charge in [-0.2, -0.15) is 0 Å². The Morgan fingerprint density at radius 1 is 1.35 bits per heavy atom. The summed E-state index contributed by atoms with van der Waals surface area (Å²) >= 11 is 1.72. The van der Waals surface area contributed by atoms with Gasteiger partial charge in [-0.1, -0.05) is 30.0 Å². The summed E-state index contributed by atoms with van der Waals surface area (Å²) in [4.78, 5) is 0. The molecule has 0 radical (unpaired) electrons. The number of aromatic nitrogens is 3. The molecule has 0 saturated heterocycles. The molecule has 0 spiro atoms. The minimum absolute atomic E-state index is 0.262. The van der Waals surface area contributed by atoms with Crippen LogP contribution in [0.15, 0.2) is 23.4 Å². The highest BCUT2D eigenvalue weighted by molar-refractivity contribution is 7.99. The van der Waals surface area contributed by atoms with E-state index in [-0.39, 0.29) is 6.04 Å². The molecule has 1 aromatic heterocycles. The van der Waals surface area contributed by atoms with Crippen LogP contribution in [0.25, 0.3) is 0 Å². The van der Waals surface area contributed by atoms with Crippen molar-refractivity contribution in [3.63, 3.8) is 0 Å². The first-order valence-electron chi connectivity index (χ1n) is 6.58. The number of rotatable bonds is 3. The highest BCUT2D eigenvalue weighted by Gasteiger charge is 2.24. The van der Waals surface area contributed by atoms with E-state index in [2.05, 4.69) is 47.7 Å². The number of ether oxygens (including phenoxy) is 1. The number of benzene rings is 1. The molecule has 20 heavy (non-hydrogen) atoms. The number of hydrogen-bond acceptors (Lipinski definition) is 5. The third kappa shape index (κ3) is 2.41. The van der Waals surface area contributed by atoms with Crippen molar-refractivity contribution in [3.05, 3.63) is 40.7 Å². The third-order valence-electron chi connectivity index (χ3n) is 3.57. The van der Waals surface area contributed by atoms with Crippen LogP contribution < -0.4 is 5.43 Å². The fourth-order valence-corrected chi connectivity index (χ4v) is 3.22. The van der Waals surface area contributed by atoms with E-state index in [1.165, 1.54) is 16.7 Å². The van der Waals surface area contributed by atoms with Gasteiger partial charge in [-0.15, -0.1) is 10.2 Å². The van der Waals surface area contributed by atoms with Gasteiger partial charge >= 0.3 is 0 Å². The van der Waals surface area contributed by atoms with Crippen LogP contribution in [0, 0.1) is 13.8 Å². The van der Waals surface area contributed by atoms with E-state index in [1.54, 1.807) is 18.9 Å². The van der Waals surface area contributed by atoms with E-state index in [9.17, 15) is 0 Å². The van der Waals surface area contributed by atoms with E-state index in [1.807, 2.05) is 4.68 Å². The monoisotopic (exact) mass is 290 g/mol. The van der Waals surface area contributed by atoms with Crippen molar-refractivity contribution in [1.82, 2.24) is 14.9 Å². The Labute approximate surface area is 122 Å². The number of nitrogens with zero attached hydrogens (tertiary/aromatic N) is 3. The predicted octanol–water partition coefficient (Wildman–Crippen LogP) is 2.43. The summed E-state index contributed by atoms with van der Waals surface area (Å²) in [5, 5.41) is 9.22. The van der Waals surface area contributed by atoms with Crippen LogP contribution in [0.5, 0.6) is 0 Å². The summed E-state index contributed by atoms with van der Waals surface area (Å²) in [7, 11) is 1.67. The molecule has 2 heterocycles. The summed E-state index contributed by atoms with van der Waals surface area (Å²) in [5.74, 6) is 1.76. The van der Waals surface area contributed by atoms with Crippen molar-refractivity contribution in [2.75, 3.05) is 18.3 Å². The summed E-state index contributed by atoms with van der Waals surface area (Å²) in [5.41, 5.74) is 7.42. The summed E-state index contributed by atoms with van der Waals surface area (Å²) < 4.78 is 7.10. The average molecular weight is 290 g/mol. The highest BCUT2D eigenvalue weighted by Crippen LogP contribution is 2.30. The van der Waals surface area contributed by atoms with Crippen molar-refractivity contribution >= 4 is 11.8 Å². The first-order valence-corrected chi connectivity index (χ1v) is 7.57. The van der Waals surface area contributed by atoms with Crippen LogP contribution in [-0.4, -0.2) is 27.7 Å². The standard InChI is InChI=1S/C14H18N4OS/c1-9-4-5-11(6-10(9)2)12-8-20-14-16-15-13(7-19-3)18(14)17-12/h4-6,12,17H,7-8H2,1-3H3. The minimum Gasteiger partial charge on any atom is -0.377 e. The Kier molecular flexibility index (Phi) is 3.67. The molecular formula is C14H18N4OS. The van der Waals surface area contributed by atoms with Gasteiger partial charge in [0.25, 0.3) is 0 Å². The maximum absolute atomic E-state index is 5.16. The van der Waals surface area contributed by atoms with Crippen LogP contribution in [-0.2, 0) is 11.3 Å². The van der Waals surface area contributed by atoms with E-state index < -0.39 is 0 Å². The molecule has 0 bridgehead atoms. The van der Waals surface area contributed by atoms with E-state index in [0.29, 0.717) is 6.61 Å². The molecule has 0 aliphatic carbocycles. The van der Waals surface area contributed by atoms with Gasteiger partial charge in [0, 0.05) is 12.9 Å². The van der Waals surface area contributed by atoms with Crippen LogP contribution in [0.3, 0.4) is 0 Å². The molecular weight excluding hydrogens is 272 g/mol. The first kappa shape index (κ1) is 13.5. The molecule has 1 aromatic carbocycles. The number of hydrogen-bond donors (Lipinski definition) is 1. The zero-order valence-electron chi connectivity index (χ0n) is 11.9. The van der Waals surface area contributed by atoms with Gasteiger partial charge in [-0.3, -0.25) is 0 Å². The molecule has 1 aliphatic rings. The summed E-state index contributed by atoms with van der Waals surface area (Å²) in [6.45, 7) is 4.74. The molecule has 3 rings (SSSR count). The SMILES string of the molecule is COCc1nnc2n1NC(c1ccc(C)c(C)c1)CS2. The summed E-state index contributed by atoms with van der Waals surface area (Å²) in [6.07, 6.45) is 0. The lowest BCUT2D eigenvalue weighted by molar-refractivity contribution is 0.174. The molecule has 0 saturated carbocycles. The Morgan fingerprint density at radius 2 is 2.20 bits per heavy atom. The Balaban J connectivity index is 1.87. The Hall–Kier alpha value is -1.53. The second-order valence-electron chi connectivity index (χ2n) is 5.00. The van der Waals surface area contributed by atoms with Crippen LogP contribution in [0.4, 0.5) is 0 Å². The number of fused-ring (bicyclic) bond motifs is 1. The fraction of sp³-hybridized carbons (Fsp3) is 0.429. The van der Waals surface area contributed by atoms with Gasteiger partial charge in [0.1, 0.15) is 6.61 Å². The predicted molar refractivity (Wildman–Crippen MR) is 79.5 cm³/mol. The van der Waals surface area contributed by atoms with Crippen molar-refractivity contribution < 1.29 is 4.74 Å². The number of nitrogens with one attached hydrogen (secondary N) is 1. The average Bonchev–Trinajstić information content (AvgIpc) is 2.85. The molecule has 0 amide bonds. The maximum Gasteiger partial charge on any atom is 0.210 e. The number of aryl methyl sites for hydroxylation is 2. The van der Waals surface area contributed by atoms with E-state index in [0.717, 1.165) is 16.7 Å². The van der Waals surface area contributed by atoms with Gasteiger partial charge in [0.05, 0.1) is 6.04 Å². The molecule has 0 fully saturated rings. The first-order chi connectivity index (χ1) is 9.69. The Morgan fingerprint density at radius 3 is 2.95 bits per heavy atom. The van der Waals surface area contributed by atoms with Gasteiger partial charge in [-0.05, 0) is 30.5 Å². The molecule has 1 aliphatic heterocycles. The quantitative estimate of drug-likeness (QED) is 0.941. The highest BCUT2D eigenvalue weighted by atomic mass is 32.2. The largest absolute Gasteiger partial charge is 0.377 e. The van der Waals surface area contributed by atoms with Crippen molar-refractivity contribution in [2.45, 2.75) is 31.7 Å². The second-order valence-corrected chi connectivity index (χ2v) is 5.99. The molecule has 5 nitrogen and oxygen atoms in total. The Bertz CT molecular complexity index is 626. The normalized spacial score (nSPS) is 17.6. The lowest BCUT2D eigenvalue weighted by Crippen LogP contribution is -2.29. The molecule has 106 valence electrons. The molecule has 6 heteroatoms. The topological polar surface area (TPSA) is 52.0 Å². The van der Waals surface area contributed by atoms with Crippen LogP contribution in [0.2, 0.25) is 0 Å². The maximum atomic E-state index is 5.16.